The molecule has 3 N–H and O–H groups in total. The number of H-pyrrole nitrogens is 1. The first kappa shape index (κ1) is 14.5. The molecule has 0 aliphatic carbocycles. The summed E-state index contributed by atoms with van der Waals surface area (Å²) in [5.41, 5.74) is 5.30. The van der Waals surface area contributed by atoms with Gasteiger partial charge in [0.25, 0.3) is 11.8 Å². The topological polar surface area (TPSA) is 104 Å². The van der Waals surface area contributed by atoms with Crippen LogP contribution in [0.25, 0.3) is 10.9 Å². The van der Waals surface area contributed by atoms with Crippen LogP contribution < -0.4 is 16.4 Å². The van der Waals surface area contributed by atoms with E-state index < -0.39 is 17.4 Å². The summed E-state index contributed by atoms with van der Waals surface area (Å²) in [6.07, 6.45) is 2.95. The van der Waals surface area contributed by atoms with Gasteiger partial charge in [0, 0.05) is 34.9 Å². The van der Waals surface area contributed by atoms with Gasteiger partial charge in [-0.1, -0.05) is 18.2 Å². The number of pyridine rings is 2. The molecule has 0 spiro atoms. The fourth-order valence-electron chi connectivity index (χ4n) is 2.15. The zero-order valence-corrected chi connectivity index (χ0v) is 11.9. The van der Waals surface area contributed by atoms with E-state index in [0.29, 0.717) is 16.5 Å². The number of hydrazine groups is 1. The Morgan fingerprint density at radius 3 is 2.43 bits per heavy atom. The lowest BCUT2D eigenvalue weighted by Crippen LogP contribution is -2.42. The first-order valence-corrected chi connectivity index (χ1v) is 6.78. The second-order valence-corrected chi connectivity index (χ2v) is 4.74. The van der Waals surface area contributed by atoms with Crippen LogP contribution in [0.5, 0.6) is 0 Å². The minimum Gasteiger partial charge on any atom is -0.322 e. The van der Waals surface area contributed by atoms with Crippen LogP contribution in [-0.2, 0) is 0 Å². The summed E-state index contributed by atoms with van der Waals surface area (Å²) < 4.78 is 0. The second-order valence-electron chi connectivity index (χ2n) is 4.74. The van der Waals surface area contributed by atoms with E-state index in [2.05, 4.69) is 20.8 Å². The number of hydrogen-bond donors (Lipinski definition) is 3. The van der Waals surface area contributed by atoms with Crippen molar-refractivity contribution in [2.24, 2.45) is 0 Å². The number of fused-ring (bicyclic) bond motifs is 1. The quantitative estimate of drug-likeness (QED) is 0.614. The Hall–Kier alpha value is -3.48. The van der Waals surface area contributed by atoms with Crippen molar-refractivity contribution in [3.05, 3.63) is 76.3 Å². The van der Waals surface area contributed by atoms with Crippen LogP contribution in [0.1, 0.15) is 20.7 Å². The number of hydrogen-bond acceptors (Lipinski definition) is 4. The van der Waals surface area contributed by atoms with E-state index in [-0.39, 0.29) is 5.56 Å². The van der Waals surface area contributed by atoms with E-state index >= 15 is 0 Å². The predicted molar refractivity (Wildman–Crippen MR) is 83.7 cm³/mol. The van der Waals surface area contributed by atoms with Crippen molar-refractivity contribution in [3.8, 4) is 0 Å². The lowest BCUT2D eigenvalue weighted by molar-refractivity contribution is 0.0847. The highest BCUT2D eigenvalue weighted by molar-refractivity contribution is 6.07. The molecular weight excluding hydrogens is 296 g/mol. The Bertz CT molecular complexity index is 935. The van der Waals surface area contributed by atoms with Gasteiger partial charge in [0.05, 0.1) is 5.56 Å². The van der Waals surface area contributed by atoms with E-state index in [0.717, 1.165) is 0 Å². The van der Waals surface area contributed by atoms with Crippen molar-refractivity contribution >= 4 is 22.7 Å². The monoisotopic (exact) mass is 308 g/mol. The van der Waals surface area contributed by atoms with Crippen LogP contribution in [0.2, 0.25) is 0 Å². The van der Waals surface area contributed by atoms with Gasteiger partial charge in [0.1, 0.15) is 0 Å². The van der Waals surface area contributed by atoms with Crippen molar-refractivity contribution in [2.45, 2.75) is 0 Å². The van der Waals surface area contributed by atoms with Gasteiger partial charge >= 0.3 is 0 Å². The normalized spacial score (nSPS) is 10.3. The van der Waals surface area contributed by atoms with Crippen molar-refractivity contribution < 1.29 is 9.59 Å². The van der Waals surface area contributed by atoms with Crippen LogP contribution in [0.3, 0.4) is 0 Å². The summed E-state index contributed by atoms with van der Waals surface area (Å²) in [6, 6.07) is 11.1. The molecule has 7 heteroatoms. The van der Waals surface area contributed by atoms with E-state index in [1.807, 2.05) is 0 Å². The number of nitrogens with one attached hydrogen (secondary N) is 3. The molecule has 23 heavy (non-hydrogen) atoms. The van der Waals surface area contributed by atoms with Crippen LogP contribution in [0, 0.1) is 0 Å². The average Bonchev–Trinajstić information content (AvgIpc) is 2.59. The number of aromatic nitrogens is 2. The van der Waals surface area contributed by atoms with Gasteiger partial charge in [-0.3, -0.25) is 30.2 Å². The third kappa shape index (κ3) is 3.08. The van der Waals surface area contributed by atoms with Crippen LogP contribution in [0.4, 0.5) is 0 Å². The molecule has 0 aliphatic heterocycles. The Kier molecular flexibility index (Phi) is 3.84. The summed E-state index contributed by atoms with van der Waals surface area (Å²) in [7, 11) is 0. The Labute approximate surface area is 130 Å². The summed E-state index contributed by atoms with van der Waals surface area (Å²) in [5, 5.41) is 0.586. The Morgan fingerprint density at radius 2 is 1.65 bits per heavy atom. The molecule has 2 heterocycles. The van der Waals surface area contributed by atoms with Crippen LogP contribution in [0.15, 0.2) is 59.7 Å². The summed E-state index contributed by atoms with van der Waals surface area (Å²) in [4.78, 5) is 42.2. The van der Waals surface area contributed by atoms with Crippen molar-refractivity contribution in [1.29, 1.82) is 0 Å². The maximum atomic E-state index is 12.3. The van der Waals surface area contributed by atoms with Gasteiger partial charge < -0.3 is 4.98 Å². The molecule has 0 aliphatic rings. The SMILES string of the molecule is O=C(NNC(=O)c1cc(=O)[nH]c2ccccc12)c1ccncc1. The number of carbonyl (C=O) groups excluding carboxylic acids is 2. The highest BCUT2D eigenvalue weighted by Crippen LogP contribution is 2.14. The van der Waals surface area contributed by atoms with Crippen molar-refractivity contribution in [2.75, 3.05) is 0 Å². The molecule has 2 aromatic heterocycles. The number of para-hydroxylation sites is 1. The van der Waals surface area contributed by atoms with Gasteiger partial charge in [0.15, 0.2) is 0 Å². The number of nitrogens with zero attached hydrogens (tertiary/aromatic N) is 1. The molecule has 0 saturated heterocycles. The minimum absolute atomic E-state index is 0.180. The van der Waals surface area contributed by atoms with Crippen molar-refractivity contribution in [3.63, 3.8) is 0 Å². The number of benzene rings is 1. The largest absolute Gasteiger partial charge is 0.322 e. The summed E-state index contributed by atoms with van der Waals surface area (Å²) >= 11 is 0. The minimum atomic E-state index is -0.574. The molecule has 0 unspecified atom stereocenters. The number of rotatable bonds is 2. The lowest BCUT2D eigenvalue weighted by atomic mass is 10.1. The number of aromatic amines is 1. The molecule has 0 atom stereocenters. The van der Waals surface area contributed by atoms with E-state index in [4.69, 9.17) is 0 Å². The van der Waals surface area contributed by atoms with Gasteiger partial charge in [-0.25, -0.2) is 0 Å². The molecule has 7 nitrogen and oxygen atoms in total. The zero-order chi connectivity index (χ0) is 16.2. The molecule has 114 valence electrons. The summed E-state index contributed by atoms with van der Waals surface area (Å²) in [5.74, 6) is -1.05. The van der Waals surface area contributed by atoms with Crippen LogP contribution >= 0.6 is 0 Å². The van der Waals surface area contributed by atoms with E-state index in [1.54, 1.807) is 24.3 Å². The predicted octanol–water partition coefficient (Wildman–Crippen LogP) is 0.998. The van der Waals surface area contributed by atoms with E-state index in [9.17, 15) is 14.4 Å². The maximum absolute atomic E-state index is 12.3. The maximum Gasteiger partial charge on any atom is 0.270 e. The fraction of sp³-hybridized carbons (Fsp3) is 0. The second kappa shape index (κ2) is 6.10. The first-order valence-electron chi connectivity index (χ1n) is 6.78. The zero-order valence-electron chi connectivity index (χ0n) is 11.9. The smallest absolute Gasteiger partial charge is 0.270 e. The average molecular weight is 308 g/mol. The molecular formula is C16H12N4O3. The molecule has 0 fully saturated rings. The van der Waals surface area contributed by atoms with Crippen molar-refractivity contribution in [1.82, 2.24) is 20.8 Å². The molecule has 3 aromatic rings. The van der Waals surface area contributed by atoms with Gasteiger partial charge in [-0.15, -0.1) is 0 Å². The molecule has 1 aromatic carbocycles. The standard InChI is InChI=1S/C16H12N4O3/c21-14-9-12(11-3-1-2-4-13(11)18-14)16(23)20-19-15(22)10-5-7-17-8-6-10/h1-9H,(H,18,21)(H,19,22)(H,20,23). The third-order valence-corrected chi connectivity index (χ3v) is 3.23. The molecule has 2 amide bonds. The number of carbonyl (C=O) groups is 2. The highest BCUT2D eigenvalue weighted by Gasteiger charge is 2.13. The third-order valence-electron chi connectivity index (χ3n) is 3.23. The highest BCUT2D eigenvalue weighted by atomic mass is 16.2. The van der Waals surface area contributed by atoms with Gasteiger partial charge in [-0.05, 0) is 18.2 Å². The molecule has 0 radical (unpaired) electrons. The Balaban J connectivity index is 1.82. The Morgan fingerprint density at radius 1 is 0.957 bits per heavy atom. The van der Waals surface area contributed by atoms with Gasteiger partial charge in [0.2, 0.25) is 5.56 Å². The van der Waals surface area contributed by atoms with E-state index in [1.165, 1.54) is 30.6 Å². The molecule has 0 bridgehead atoms. The fourth-order valence-corrected chi connectivity index (χ4v) is 2.15. The number of amides is 2. The molecule has 0 saturated carbocycles. The van der Waals surface area contributed by atoms with Crippen LogP contribution in [-0.4, -0.2) is 21.8 Å². The lowest BCUT2D eigenvalue weighted by Gasteiger charge is -2.09. The first-order chi connectivity index (χ1) is 11.1. The summed E-state index contributed by atoms with van der Waals surface area (Å²) in [6.45, 7) is 0. The van der Waals surface area contributed by atoms with Gasteiger partial charge in [-0.2, -0.15) is 0 Å². The molecule has 3 rings (SSSR count).